The molecule has 0 aromatic heterocycles. The van der Waals surface area contributed by atoms with Crippen molar-refractivity contribution in [2.75, 3.05) is 13.1 Å². The number of hydrogen-bond donors (Lipinski definition) is 3. The van der Waals surface area contributed by atoms with Gasteiger partial charge in [0.05, 0.1) is 17.5 Å². The van der Waals surface area contributed by atoms with Gasteiger partial charge in [-0.3, -0.25) is 9.35 Å². The molecular formula is C29H49NO6S. The molecular weight excluding hydrogens is 490 g/mol. The van der Waals surface area contributed by atoms with Crippen LogP contribution < -0.4 is 0 Å². The minimum Gasteiger partial charge on any atom is -0.393 e. The predicted octanol–water partition coefficient (Wildman–Crippen LogP) is 4.27. The molecule has 0 aromatic carbocycles. The van der Waals surface area contributed by atoms with Gasteiger partial charge in [-0.05, 0) is 117 Å². The van der Waals surface area contributed by atoms with Crippen molar-refractivity contribution in [1.82, 2.24) is 4.90 Å². The van der Waals surface area contributed by atoms with Crippen LogP contribution in [0.1, 0.15) is 97.8 Å². The fraction of sp³-hybridized carbons (Fsp3) is 0.966. The molecule has 37 heavy (non-hydrogen) atoms. The maximum absolute atomic E-state index is 12.9. The Kier molecular flexibility index (Phi) is 7.56. The van der Waals surface area contributed by atoms with Crippen LogP contribution in [-0.4, -0.2) is 64.5 Å². The van der Waals surface area contributed by atoms with Gasteiger partial charge in [0.25, 0.3) is 10.1 Å². The first-order valence-electron chi connectivity index (χ1n) is 15.0. The zero-order chi connectivity index (χ0) is 26.8. The Morgan fingerprint density at radius 2 is 1.68 bits per heavy atom. The number of aliphatic hydroxyl groups excluding tert-OH is 2. The first kappa shape index (κ1) is 27.9. The monoisotopic (exact) mass is 539 g/mol. The number of carbonyl (C=O) groups excluding carboxylic acids is 1. The third-order valence-corrected chi connectivity index (χ3v) is 13.8. The van der Waals surface area contributed by atoms with Crippen molar-refractivity contribution < 1.29 is 28.0 Å². The third kappa shape index (κ3) is 4.80. The molecule has 0 spiro atoms. The van der Waals surface area contributed by atoms with Crippen LogP contribution >= 0.6 is 0 Å². The number of piperidine rings is 1. The van der Waals surface area contributed by atoms with E-state index < -0.39 is 15.4 Å². The topological polar surface area (TPSA) is 115 Å². The lowest BCUT2D eigenvalue weighted by molar-refractivity contribution is -0.175. The van der Waals surface area contributed by atoms with Crippen LogP contribution in [0.4, 0.5) is 0 Å². The van der Waals surface area contributed by atoms with E-state index in [1.807, 2.05) is 0 Å². The van der Waals surface area contributed by atoms with E-state index in [9.17, 15) is 28.0 Å². The van der Waals surface area contributed by atoms with Crippen molar-refractivity contribution in [1.29, 1.82) is 0 Å². The van der Waals surface area contributed by atoms with E-state index in [-0.39, 0.29) is 28.9 Å². The molecule has 5 aliphatic rings. The summed E-state index contributed by atoms with van der Waals surface area (Å²) in [6.07, 6.45) is 9.91. The smallest absolute Gasteiger partial charge is 0.267 e. The van der Waals surface area contributed by atoms with Crippen LogP contribution in [-0.2, 0) is 14.9 Å². The van der Waals surface area contributed by atoms with Crippen molar-refractivity contribution in [3.05, 3.63) is 0 Å². The molecule has 10 atom stereocenters. The molecule has 1 saturated heterocycles. The lowest BCUT2D eigenvalue weighted by Crippen LogP contribution is -2.58. The highest BCUT2D eigenvalue weighted by molar-refractivity contribution is 7.86. The Labute approximate surface area is 223 Å². The molecule has 10 unspecified atom stereocenters. The highest BCUT2D eigenvalue weighted by Gasteiger charge is 2.63. The second-order valence-electron chi connectivity index (χ2n) is 14.0. The van der Waals surface area contributed by atoms with Gasteiger partial charge < -0.3 is 15.1 Å². The molecule has 8 heteroatoms. The minimum atomic E-state index is -4.03. The maximum Gasteiger partial charge on any atom is 0.267 e. The summed E-state index contributed by atoms with van der Waals surface area (Å²) in [6, 6.07) is 0. The Balaban J connectivity index is 1.21. The lowest BCUT2D eigenvalue weighted by atomic mass is 9.43. The minimum absolute atomic E-state index is 0.0790. The summed E-state index contributed by atoms with van der Waals surface area (Å²) in [5.74, 6) is 3.16. The predicted molar refractivity (Wildman–Crippen MR) is 142 cm³/mol. The second kappa shape index (κ2) is 10.0. The molecule has 4 aliphatic carbocycles. The first-order chi connectivity index (χ1) is 17.4. The first-order valence-corrected chi connectivity index (χ1v) is 16.5. The number of hydrogen-bond acceptors (Lipinski definition) is 5. The van der Waals surface area contributed by atoms with Crippen LogP contribution in [0.25, 0.3) is 0 Å². The summed E-state index contributed by atoms with van der Waals surface area (Å²) in [5.41, 5.74) is 0.137. The summed E-state index contributed by atoms with van der Waals surface area (Å²) < 4.78 is 32.1. The quantitative estimate of drug-likeness (QED) is 0.450. The van der Waals surface area contributed by atoms with E-state index >= 15 is 0 Å². The van der Waals surface area contributed by atoms with E-state index in [1.165, 1.54) is 19.3 Å². The normalized spacial score (nSPS) is 45.6. The molecule has 7 nitrogen and oxygen atoms in total. The van der Waals surface area contributed by atoms with E-state index in [2.05, 4.69) is 20.8 Å². The molecule has 0 bridgehead atoms. The van der Waals surface area contributed by atoms with Gasteiger partial charge in [-0.15, -0.1) is 0 Å². The van der Waals surface area contributed by atoms with Gasteiger partial charge in [-0.2, -0.15) is 8.42 Å². The molecule has 3 N–H and O–H groups in total. The van der Waals surface area contributed by atoms with Crippen molar-refractivity contribution in [2.45, 2.75) is 115 Å². The van der Waals surface area contributed by atoms with Gasteiger partial charge in [0.1, 0.15) is 0 Å². The number of likely N-dealkylation sites (tertiary alicyclic amines) is 1. The number of nitrogens with zero attached hydrogens (tertiary/aromatic N) is 1. The zero-order valence-corrected chi connectivity index (χ0v) is 23.8. The Morgan fingerprint density at radius 3 is 2.35 bits per heavy atom. The number of fused-ring (bicyclic) bond motifs is 5. The SMILES string of the molecule is CC(CCC(=O)N1CCC(S(=O)(=O)O)CC1)C1CCC2C3CCC4CC(O)CCC4(C)C3CC(O)C12C. The van der Waals surface area contributed by atoms with E-state index in [0.29, 0.717) is 67.9 Å². The fourth-order valence-corrected chi connectivity index (χ4v) is 11.1. The Morgan fingerprint density at radius 1 is 0.973 bits per heavy atom. The van der Waals surface area contributed by atoms with Crippen LogP contribution in [0.5, 0.6) is 0 Å². The average molecular weight is 540 g/mol. The number of carbonyl (C=O) groups is 1. The molecule has 1 heterocycles. The lowest BCUT2D eigenvalue weighted by Gasteiger charge is -2.62. The number of rotatable bonds is 5. The maximum atomic E-state index is 12.9. The molecule has 1 amide bonds. The molecule has 0 radical (unpaired) electrons. The Bertz CT molecular complexity index is 963. The van der Waals surface area contributed by atoms with Crippen LogP contribution in [0.2, 0.25) is 0 Å². The second-order valence-corrected chi connectivity index (χ2v) is 15.7. The average Bonchev–Trinajstić information content (AvgIpc) is 3.22. The third-order valence-electron chi connectivity index (χ3n) is 12.5. The van der Waals surface area contributed by atoms with Gasteiger partial charge >= 0.3 is 0 Å². The zero-order valence-electron chi connectivity index (χ0n) is 23.0. The van der Waals surface area contributed by atoms with Crippen molar-refractivity contribution in [3.8, 4) is 0 Å². The summed E-state index contributed by atoms with van der Waals surface area (Å²) in [7, 11) is -4.03. The van der Waals surface area contributed by atoms with E-state index in [4.69, 9.17) is 0 Å². The largest absolute Gasteiger partial charge is 0.393 e. The number of amides is 1. The van der Waals surface area contributed by atoms with Gasteiger partial charge in [-0.1, -0.05) is 20.8 Å². The molecule has 212 valence electrons. The Hall–Kier alpha value is -0.700. The highest BCUT2D eigenvalue weighted by Crippen LogP contribution is 2.68. The fourth-order valence-electron chi connectivity index (χ4n) is 10.3. The summed E-state index contributed by atoms with van der Waals surface area (Å²) in [6.45, 7) is 7.83. The van der Waals surface area contributed by atoms with Crippen LogP contribution in [0, 0.1) is 46.3 Å². The summed E-state index contributed by atoms with van der Waals surface area (Å²) in [4.78, 5) is 14.7. The van der Waals surface area contributed by atoms with E-state index in [1.54, 1.807) is 4.90 Å². The van der Waals surface area contributed by atoms with Gasteiger partial charge in [0, 0.05) is 19.5 Å². The molecule has 4 saturated carbocycles. The summed E-state index contributed by atoms with van der Waals surface area (Å²) >= 11 is 0. The van der Waals surface area contributed by atoms with Gasteiger partial charge in [0.15, 0.2) is 0 Å². The summed E-state index contributed by atoms with van der Waals surface area (Å²) in [5, 5.41) is 21.3. The molecule has 0 aromatic rings. The van der Waals surface area contributed by atoms with Gasteiger partial charge in [-0.25, -0.2) is 0 Å². The molecule has 5 rings (SSSR count). The van der Waals surface area contributed by atoms with Crippen molar-refractivity contribution >= 4 is 16.0 Å². The van der Waals surface area contributed by atoms with Gasteiger partial charge in [0.2, 0.25) is 5.91 Å². The highest BCUT2D eigenvalue weighted by atomic mass is 32.2. The number of aliphatic hydroxyl groups is 2. The van der Waals surface area contributed by atoms with Crippen molar-refractivity contribution in [3.63, 3.8) is 0 Å². The van der Waals surface area contributed by atoms with Crippen LogP contribution in [0.3, 0.4) is 0 Å². The van der Waals surface area contributed by atoms with Crippen molar-refractivity contribution in [2.24, 2.45) is 46.3 Å². The van der Waals surface area contributed by atoms with Crippen LogP contribution in [0.15, 0.2) is 0 Å². The van der Waals surface area contributed by atoms with E-state index in [0.717, 1.165) is 38.5 Å². The molecule has 5 fully saturated rings. The standard InChI is InChI=1S/C29H49NO6S/c1-18(4-9-27(33)30-14-11-21(12-15-30)37(34,35)36)23-7-8-24-22-6-5-19-16-20(31)10-13-28(19,2)25(22)17-26(32)29(23,24)3/h18-26,31-32H,4-17H2,1-3H3,(H,34,35,36). The molecule has 1 aliphatic heterocycles.